The normalized spacial score (nSPS) is 32.7. The summed E-state index contributed by atoms with van der Waals surface area (Å²) in [5.41, 5.74) is 1.47. The lowest BCUT2D eigenvalue weighted by Crippen LogP contribution is -2.11. The van der Waals surface area contributed by atoms with Gasteiger partial charge in [-0.25, -0.2) is 0 Å². The third kappa shape index (κ3) is 1.71. The van der Waals surface area contributed by atoms with E-state index >= 15 is 0 Å². The van der Waals surface area contributed by atoms with Gasteiger partial charge in [0.2, 0.25) is 0 Å². The van der Waals surface area contributed by atoms with E-state index in [1.807, 2.05) is 6.07 Å². The van der Waals surface area contributed by atoms with Gasteiger partial charge in [-0.3, -0.25) is 0 Å². The van der Waals surface area contributed by atoms with E-state index in [1.54, 1.807) is 7.11 Å². The van der Waals surface area contributed by atoms with Crippen molar-refractivity contribution in [2.75, 3.05) is 20.2 Å². The van der Waals surface area contributed by atoms with Crippen LogP contribution < -0.4 is 10.1 Å². The highest BCUT2D eigenvalue weighted by Crippen LogP contribution is 2.44. The fourth-order valence-corrected chi connectivity index (χ4v) is 3.33. The van der Waals surface area contributed by atoms with Crippen LogP contribution in [0.25, 0.3) is 0 Å². The lowest BCUT2D eigenvalue weighted by atomic mass is 9.96. The summed E-state index contributed by atoms with van der Waals surface area (Å²) in [7, 11) is 1.74. The highest BCUT2D eigenvalue weighted by atomic mass is 16.5. The summed E-state index contributed by atoms with van der Waals surface area (Å²) < 4.78 is 5.30. The lowest BCUT2D eigenvalue weighted by Gasteiger charge is -2.12. The number of fused-ring (bicyclic) bond motifs is 1. The third-order valence-corrected chi connectivity index (χ3v) is 4.22. The molecule has 1 aliphatic heterocycles. The molecule has 1 aliphatic carbocycles. The summed E-state index contributed by atoms with van der Waals surface area (Å²) in [5.74, 6) is 3.58. The minimum absolute atomic E-state index is 0.757. The van der Waals surface area contributed by atoms with Crippen molar-refractivity contribution >= 4 is 0 Å². The van der Waals surface area contributed by atoms with Crippen LogP contribution in [0.1, 0.15) is 24.3 Å². The Hall–Kier alpha value is -1.02. The predicted molar refractivity (Wildman–Crippen MR) is 64.8 cm³/mol. The van der Waals surface area contributed by atoms with E-state index in [2.05, 4.69) is 23.5 Å². The number of methoxy groups -OCH3 is 1. The fourth-order valence-electron chi connectivity index (χ4n) is 3.33. The monoisotopic (exact) mass is 217 g/mol. The van der Waals surface area contributed by atoms with Crippen LogP contribution in [0.15, 0.2) is 24.3 Å². The van der Waals surface area contributed by atoms with E-state index < -0.39 is 0 Å². The first-order valence-electron chi connectivity index (χ1n) is 6.21. The van der Waals surface area contributed by atoms with Crippen molar-refractivity contribution < 1.29 is 4.74 Å². The molecule has 2 aliphatic rings. The Morgan fingerprint density at radius 3 is 2.62 bits per heavy atom. The lowest BCUT2D eigenvalue weighted by molar-refractivity contribution is 0.413. The molecule has 0 amide bonds. The molecule has 2 atom stereocenters. The molecule has 0 aromatic heterocycles. The van der Waals surface area contributed by atoms with Gasteiger partial charge >= 0.3 is 0 Å². The third-order valence-electron chi connectivity index (χ3n) is 4.22. The standard InChI is InChI=1S/C14H19NO/c1-16-14-4-2-3-10(7-14)11-5-12-8-15-9-13(12)6-11/h2-4,7,11-13,15H,5-6,8-9H2,1H3. The van der Waals surface area contributed by atoms with Gasteiger partial charge in [0.25, 0.3) is 0 Å². The number of nitrogens with one attached hydrogen (secondary N) is 1. The Kier molecular flexibility index (Phi) is 2.60. The summed E-state index contributed by atoms with van der Waals surface area (Å²) in [4.78, 5) is 0. The van der Waals surface area contributed by atoms with Gasteiger partial charge < -0.3 is 10.1 Å². The van der Waals surface area contributed by atoms with Crippen molar-refractivity contribution in [1.29, 1.82) is 0 Å². The summed E-state index contributed by atoms with van der Waals surface area (Å²) in [6.45, 7) is 2.45. The molecular weight excluding hydrogens is 198 g/mol. The average Bonchev–Trinajstić information content (AvgIpc) is 2.89. The zero-order valence-corrected chi connectivity index (χ0v) is 9.78. The molecule has 2 fully saturated rings. The Balaban J connectivity index is 1.78. The summed E-state index contributed by atoms with van der Waals surface area (Å²) in [6.07, 6.45) is 2.70. The van der Waals surface area contributed by atoms with Crippen LogP contribution in [0.5, 0.6) is 5.75 Å². The molecule has 3 rings (SSSR count). The smallest absolute Gasteiger partial charge is 0.119 e. The van der Waals surface area contributed by atoms with Crippen LogP contribution in [-0.4, -0.2) is 20.2 Å². The first-order chi connectivity index (χ1) is 7.86. The average molecular weight is 217 g/mol. The molecule has 2 heteroatoms. The van der Waals surface area contributed by atoms with Crippen molar-refractivity contribution in [2.45, 2.75) is 18.8 Å². The number of benzene rings is 1. The van der Waals surface area contributed by atoms with Gasteiger partial charge in [-0.05, 0) is 61.4 Å². The fraction of sp³-hybridized carbons (Fsp3) is 0.571. The van der Waals surface area contributed by atoms with Gasteiger partial charge in [0.15, 0.2) is 0 Å². The zero-order chi connectivity index (χ0) is 11.0. The summed E-state index contributed by atoms with van der Waals surface area (Å²) in [5, 5.41) is 3.49. The van der Waals surface area contributed by atoms with E-state index in [-0.39, 0.29) is 0 Å². The molecule has 0 bridgehead atoms. The maximum atomic E-state index is 5.30. The van der Waals surface area contributed by atoms with E-state index in [9.17, 15) is 0 Å². The second-order valence-corrected chi connectivity index (χ2v) is 5.12. The van der Waals surface area contributed by atoms with Crippen LogP contribution in [0.2, 0.25) is 0 Å². The molecule has 0 radical (unpaired) electrons. The van der Waals surface area contributed by atoms with Crippen molar-refractivity contribution in [3.8, 4) is 5.75 Å². The Morgan fingerprint density at radius 2 is 1.94 bits per heavy atom. The molecule has 16 heavy (non-hydrogen) atoms. The number of ether oxygens (including phenoxy) is 1. The molecule has 2 unspecified atom stereocenters. The van der Waals surface area contributed by atoms with Crippen molar-refractivity contribution in [3.63, 3.8) is 0 Å². The first kappa shape index (κ1) is 10.2. The van der Waals surface area contributed by atoms with Gasteiger partial charge in [-0.1, -0.05) is 12.1 Å². The molecule has 1 saturated heterocycles. The topological polar surface area (TPSA) is 21.3 Å². The quantitative estimate of drug-likeness (QED) is 0.821. The highest BCUT2D eigenvalue weighted by molar-refractivity contribution is 5.31. The van der Waals surface area contributed by atoms with Crippen LogP contribution >= 0.6 is 0 Å². The van der Waals surface area contributed by atoms with Gasteiger partial charge in [0.1, 0.15) is 5.75 Å². The molecule has 1 heterocycles. The largest absolute Gasteiger partial charge is 0.497 e. The van der Waals surface area contributed by atoms with Gasteiger partial charge in [-0.15, -0.1) is 0 Å². The second-order valence-electron chi connectivity index (χ2n) is 5.12. The zero-order valence-electron chi connectivity index (χ0n) is 9.78. The van der Waals surface area contributed by atoms with E-state index in [0.717, 1.165) is 23.5 Å². The minimum Gasteiger partial charge on any atom is -0.497 e. The van der Waals surface area contributed by atoms with Crippen LogP contribution in [0.3, 0.4) is 0 Å². The molecule has 2 nitrogen and oxygen atoms in total. The summed E-state index contributed by atoms with van der Waals surface area (Å²) in [6, 6.07) is 8.60. The maximum Gasteiger partial charge on any atom is 0.119 e. The number of rotatable bonds is 2. The van der Waals surface area contributed by atoms with E-state index in [1.165, 1.54) is 31.5 Å². The molecule has 86 valence electrons. The summed E-state index contributed by atoms with van der Waals surface area (Å²) >= 11 is 0. The van der Waals surface area contributed by atoms with Gasteiger partial charge in [-0.2, -0.15) is 0 Å². The van der Waals surface area contributed by atoms with E-state index in [4.69, 9.17) is 4.74 Å². The van der Waals surface area contributed by atoms with Crippen LogP contribution in [0.4, 0.5) is 0 Å². The van der Waals surface area contributed by atoms with Crippen molar-refractivity contribution in [2.24, 2.45) is 11.8 Å². The molecule has 1 aromatic rings. The van der Waals surface area contributed by atoms with E-state index in [0.29, 0.717) is 0 Å². The molecule has 0 spiro atoms. The molecule has 1 N–H and O–H groups in total. The predicted octanol–water partition coefficient (Wildman–Crippen LogP) is 2.41. The Labute approximate surface area is 97.0 Å². The van der Waals surface area contributed by atoms with Crippen molar-refractivity contribution in [1.82, 2.24) is 5.32 Å². The molecule has 1 saturated carbocycles. The SMILES string of the molecule is COc1cccc(C2CC3CNCC3C2)c1. The van der Waals surface area contributed by atoms with Gasteiger partial charge in [0.05, 0.1) is 7.11 Å². The first-order valence-corrected chi connectivity index (χ1v) is 6.21. The van der Waals surface area contributed by atoms with Gasteiger partial charge in [0, 0.05) is 0 Å². The Bertz CT molecular complexity index is 365. The minimum atomic E-state index is 0.757. The Morgan fingerprint density at radius 1 is 1.19 bits per heavy atom. The molecule has 1 aromatic carbocycles. The highest BCUT2D eigenvalue weighted by Gasteiger charge is 2.37. The maximum absolute atomic E-state index is 5.30. The molecular formula is C14H19NO. The number of hydrogen-bond acceptors (Lipinski definition) is 2. The van der Waals surface area contributed by atoms with Crippen molar-refractivity contribution in [3.05, 3.63) is 29.8 Å². The number of hydrogen-bond donors (Lipinski definition) is 1. The van der Waals surface area contributed by atoms with Crippen LogP contribution in [0, 0.1) is 11.8 Å². The second kappa shape index (κ2) is 4.10. The van der Waals surface area contributed by atoms with Crippen LogP contribution in [-0.2, 0) is 0 Å².